The highest BCUT2D eigenvalue weighted by Gasteiger charge is 2.06. The third kappa shape index (κ3) is 1.58. The van der Waals surface area contributed by atoms with Crippen LogP contribution in [0.5, 0.6) is 0 Å². The van der Waals surface area contributed by atoms with E-state index in [0.29, 0.717) is 0 Å². The molecule has 0 atom stereocenters. The Morgan fingerprint density at radius 2 is 1.94 bits per heavy atom. The lowest BCUT2D eigenvalue weighted by Gasteiger charge is -2.09. The van der Waals surface area contributed by atoms with Crippen LogP contribution in [-0.2, 0) is 0 Å². The topological polar surface area (TPSA) is 54.9 Å². The number of hydrogen-bond donors (Lipinski definition) is 1. The predicted molar refractivity (Wildman–Crippen MR) is 62.1 cm³/mol. The molecule has 1 aromatic heterocycles. The zero-order valence-electron chi connectivity index (χ0n) is 9.15. The molecule has 0 fully saturated rings. The molecule has 0 saturated carbocycles. The molecule has 0 bridgehead atoms. The lowest BCUT2D eigenvalue weighted by molar-refractivity contribution is 0.917. The van der Waals surface area contributed by atoms with Gasteiger partial charge in [-0.1, -0.05) is 12.1 Å². The van der Waals surface area contributed by atoms with E-state index in [4.69, 9.17) is 0 Å². The fraction of sp³-hybridized carbons (Fsp3) is 0.167. The van der Waals surface area contributed by atoms with Crippen molar-refractivity contribution in [2.45, 2.75) is 13.8 Å². The first-order chi connectivity index (χ1) is 7.61. The van der Waals surface area contributed by atoms with Gasteiger partial charge in [-0.25, -0.2) is 0 Å². The Kier molecular flexibility index (Phi) is 2.48. The number of rotatable bonds is 1. The molecule has 2 rings (SSSR count). The van der Waals surface area contributed by atoms with E-state index in [9.17, 15) is 9.59 Å². The summed E-state index contributed by atoms with van der Waals surface area (Å²) in [7, 11) is 0. The normalized spacial score (nSPS) is 10.4. The standard InChI is InChI=1S/C12H12N2O2/c1-8-4-3-5-10(9(8)2)14-7-6-13-11(15)12(14)16/h3-7H,1-2H3,(H,13,15). The molecule has 0 aliphatic heterocycles. The largest absolute Gasteiger partial charge is 0.323 e. The Balaban J connectivity index is 2.78. The molecule has 0 saturated heterocycles. The number of H-pyrrole nitrogens is 1. The first-order valence-corrected chi connectivity index (χ1v) is 4.98. The SMILES string of the molecule is Cc1cccc(-n2cc[nH]c(=O)c2=O)c1C. The summed E-state index contributed by atoms with van der Waals surface area (Å²) in [6.45, 7) is 3.90. The summed E-state index contributed by atoms with van der Waals surface area (Å²) >= 11 is 0. The Morgan fingerprint density at radius 1 is 1.19 bits per heavy atom. The Labute approximate surface area is 92.2 Å². The van der Waals surface area contributed by atoms with Crippen molar-refractivity contribution in [2.75, 3.05) is 0 Å². The highest BCUT2D eigenvalue weighted by molar-refractivity contribution is 5.44. The van der Waals surface area contributed by atoms with Crippen molar-refractivity contribution in [3.8, 4) is 5.69 Å². The van der Waals surface area contributed by atoms with Crippen molar-refractivity contribution in [1.29, 1.82) is 0 Å². The molecule has 2 aromatic rings. The molecule has 1 N–H and O–H groups in total. The highest BCUT2D eigenvalue weighted by Crippen LogP contribution is 2.14. The second-order valence-corrected chi connectivity index (χ2v) is 3.68. The van der Waals surface area contributed by atoms with Gasteiger partial charge in [-0.15, -0.1) is 0 Å². The van der Waals surface area contributed by atoms with Crippen LogP contribution in [0.15, 0.2) is 40.2 Å². The fourth-order valence-corrected chi connectivity index (χ4v) is 1.61. The first-order valence-electron chi connectivity index (χ1n) is 4.98. The summed E-state index contributed by atoms with van der Waals surface area (Å²) in [6, 6.07) is 5.66. The fourth-order valence-electron chi connectivity index (χ4n) is 1.61. The van der Waals surface area contributed by atoms with Gasteiger partial charge in [0.1, 0.15) is 0 Å². The maximum Gasteiger partial charge on any atom is 0.320 e. The van der Waals surface area contributed by atoms with Crippen molar-refractivity contribution in [3.05, 3.63) is 62.4 Å². The van der Waals surface area contributed by atoms with E-state index < -0.39 is 11.1 Å². The lowest BCUT2D eigenvalue weighted by Crippen LogP contribution is -2.34. The van der Waals surface area contributed by atoms with Gasteiger partial charge in [0.15, 0.2) is 0 Å². The predicted octanol–water partition coefficient (Wildman–Crippen LogP) is 1.14. The number of aromatic amines is 1. The third-order valence-electron chi connectivity index (χ3n) is 2.69. The van der Waals surface area contributed by atoms with E-state index in [1.807, 2.05) is 32.0 Å². The molecule has 4 nitrogen and oxygen atoms in total. The van der Waals surface area contributed by atoms with Gasteiger partial charge in [-0.3, -0.25) is 14.2 Å². The molecule has 0 unspecified atom stereocenters. The molecule has 0 aliphatic carbocycles. The summed E-state index contributed by atoms with van der Waals surface area (Å²) in [5.41, 5.74) is 1.66. The van der Waals surface area contributed by atoms with Gasteiger partial charge in [0.2, 0.25) is 0 Å². The molecule has 82 valence electrons. The van der Waals surface area contributed by atoms with Crippen molar-refractivity contribution >= 4 is 0 Å². The van der Waals surface area contributed by atoms with Crippen LogP contribution in [0.2, 0.25) is 0 Å². The zero-order chi connectivity index (χ0) is 11.7. The maximum atomic E-state index is 11.7. The van der Waals surface area contributed by atoms with E-state index in [0.717, 1.165) is 16.8 Å². The Morgan fingerprint density at radius 3 is 2.69 bits per heavy atom. The number of nitrogens with one attached hydrogen (secondary N) is 1. The van der Waals surface area contributed by atoms with Crippen LogP contribution in [0.1, 0.15) is 11.1 Å². The molecule has 1 heterocycles. The molecule has 16 heavy (non-hydrogen) atoms. The summed E-state index contributed by atoms with van der Waals surface area (Å²) in [5.74, 6) is 0. The highest BCUT2D eigenvalue weighted by atomic mass is 16.2. The van der Waals surface area contributed by atoms with Crippen LogP contribution in [0, 0.1) is 13.8 Å². The molecule has 0 spiro atoms. The zero-order valence-corrected chi connectivity index (χ0v) is 9.15. The first kappa shape index (κ1) is 10.4. The van der Waals surface area contributed by atoms with Crippen molar-refractivity contribution in [1.82, 2.24) is 9.55 Å². The summed E-state index contributed by atoms with van der Waals surface area (Å²) in [5, 5.41) is 0. The lowest BCUT2D eigenvalue weighted by atomic mass is 10.1. The van der Waals surface area contributed by atoms with Crippen molar-refractivity contribution in [3.63, 3.8) is 0 Å². The van der Waals surface area contributed by atoms with E-state index in [-0.39, 0.29) is 0 Å². The van der Waals surface area contributed by atoms with E-state index >= 15 is 0 Å². The number of hydrogen-bond acceptors (Lipinski definition) is 2. The van der Waals surface area contributed by atoms with E-state index in [1.54, 1.807) is 6.20 Å². The summed E-state index contributed by atoms with van der Waals surface area (Å²) < 4.78 is 1.36. The minimum atomic E-state index is -0.608. The van der Waals surface area contributed by atoms with Crippen LogP contribution >= 0.6 is 0 Å². The number of aromatic nitrogens is 2. The molecule has 0 radical (unpaired) electrons. The monoisotopic (exact) mass is 216 g/mol. The van der Waals surface area contributed by atoms with Gasteiger partial charge in [0.25, 0.3) is 0 Å². The van der Waals surface area contributed by atoms with E-state index in [2.05, 4.69) is 4.98 Å². The Hall–Kier alpha value is -2.10. The number of nitrogens with zero attached hydrogens (tertiary/aromatic N) is 1. The van der Waals surface area contributed by atoms with Gasteiger partial charge in [0.05, 0.1) is 5.69 Å². The van der Waals surface area contributed by atoms with Crippen molar-refractivity contribution < 1.29 is 0 Å². The Bertz CT molecular complexity index is 638. The smallest absolute Gasteiger partial charge is 0.320 e. The molecule has 0 amide bonds. The average Bonchev–Trinajstić information content (AvgIpc) is 2.27. The number of aryl methyl sites for hydroxylation is 1. The molecule has 4 heteroatoms. The quantitative estimate of drug-likeness (QED) is 0.727. The van der Waals surface area contributed by atoms with Gasteiger partial charge in [0, 0.05) is 12.4 Å². The maximum absolute atomic E-state index is 11.7. The van der Waals surface area contributed by atoms with Crippen molar-refractivity contribution in [2.24, 2.45) is 0 Å². The second-order valence-electron chi connectivity index (χ2n) is 3.68. The minimum Gasteiger partial charge on any atom is -0.323 e. The van der Waals surface area contributed by atoms with Crippen LogP contribution in [0.3, 0.4) is 0 Å². The van der Waals surface area contributed by atoms with Crippen LogP contribution in [-0.4, -0.2) is 9.55 Å². The molecular weight excluding hydrogens is 204 g/mol. The minimum absolute atomic E-state index is 0.559. The summed E-state index contributed by atoms with van der Waals surface area (Å²) in [6.07, 6.45) is 3.02. The molecule has 0 aliphatic rings. The van der Waals surface area contributed by atoms with Crippen LogP contribution in [0.25, 0.3) is 5.69 Å². The average molecular weight is 216 g/mol. The summed E-state index contributed by atoms with van der Waals surface area (Å²) in [4.78, 5) is 25.2. The van der Waals surface area contributed by atoms with Crippen LogP contribution < -0.4 is 11.1 Å². The van der Waals surface area contributed by atoms with Gasteiger partial charge in [-0.05, 0) is 31.0 Å². The third-order valence-corrected chi connectivity index (χ3v) is 2.69. The second kappa shape index (κ2) is 3.81. The van der Waals surface area contributed by atoms with E-state index in [1.165, 1.54) is 10.8 Å². The van der Waals surface area contributed by atoms with Gasteiger partial charge in [-0.2, -0.15) is 0 Å². The van der Waals surface area contributed by atoms with Gasteiger partial charge < -0.3 is 4.98 Å². The number of benzene rings is 1. The molecule has 1 aromatic carbocycles. The molecular formula is C12H12N2O2. The van der Waals surface area contributed by atoms with Gasteiger partial charge >= 0.3 is 11.1 Å². The van der Waals surface area contributed by atoms with Crippen LogP contribution in [0.4, 0.5) is 0 Å².